The summed E-state index contributed by atoms with van der Waals surface area (Å²) in [6, 6.07) is 2.10. The summed E-state index contributed by atoms with van der Waals surface area (Å²) in [5.41, 5.74) is 1.27. The Bertz CT molecular complexity index is 461. The SMILES string of the molecule is CCNCc1ccn(Cc2nc(CC)no2)c1. The van der Waals surface area contributed by atoms with Crippen molar-refractivity contribution in [1.29, 1.82) is 0 Å². The van der Waals surface area contributed by atoms with Gasteiger partial charge in [0.05, 0.1) is 0 Å². The van der Waals surface area contributed by atoms with Crippen LogP contribution in [0.2, 0.25) is 0 Å². The summed E-state index contributed by atoms with van der Waals surface area (Å²) in [6.07, 6.45) is 4.93. The van der Waals surface area contributed by atoms with Crippen molar-refractivity contribution in [2.24, 2.45) is 0 Å². The molecule has 0 bridgehead atoms. The van der Waals surface area contributed by atoms with Gasteiger partial charge < -0.3 is 14.4 Å². The molecule has 0 radical (unpaired) electrons. The van der Waals surface area contributed by atoms with Gasteiger partial charge in [0.25, 0.3) is 0 Å². The molecule has 0 aliphatic heterocycles. The standard InChI is InChI=1S/C12H18N4O/c1-3-11-14-12(17-15-11)9-16-6-5-10(8-16)7-13-4-2/h5-6,8,13H,3-4,7,9H2,1-2H3. The van der Waals surface area contributed by atoms with Gasteiger partial charge in [-0.15, -0.1) is 0 Å². The molecule has 0 unspecified atom stereocenters. The van der Waals surface area contributed by atoms with Gasteiger partial charge in [0.2, 0.25) is 5.89 Å². The minimum Gasteiger partial charge on any atom is -0.345 e. The quantitative estimate of drug-likeness (QED) is 0.824. The fraction of sp³-hybridized carbons (Fsp3) is 0.500. The Balaban J connectivity index is 1.96. The lowest BCUT2D eigenvalue weighted by molar-refractivity contribution is 0.366. The third kappa shape index (κ3) is 3.17. The van der Waals surface area contributed by atoms with Crippen molar-refractivity contribution in [3.8, 4) is 0 Å². The maximum absolute atomic E-state index is 5.15. The second kappa shape index (κ2) is 5.63. The molecule has 2 aromatic heterocycles. The maximum atomic E-state index is 5.15. The van der Waals surface area contributed by atoms with Crippen LogP contribution in [0.4, 0.5) is 0 Å². The van der Waals surface area contributed by atoms with E-state index >= 15 is 0 Å². The Hall–Kier alpha value is -1.62. The van der Waals surface area contributed by atoms with E-state index in [2.05, 4.69) is 39.2 Å². The molecule has 92 valence electrons. The van der Waals surface area contributed by atoms with Crippen LogP contribution in [-0.4, -0.2) is 21.3 Å². The lowest BCUT2D eigenvalue weighted by Gasteiger charge is -1.98. The van der Waals surface area contributed by atoms with Crippen molar-refractivity contribution in [2.75, 3.05) is 6.54 Å². The number of aromatic nitrogens is 3. The second-order valence-electron chi connectivity index (χ2n) is 3.93. The molecule has 17 heavy (non-hydrogen) atoms. The predicted molar refractivity (Wildman–Crippen MR) is 64.6 cm³/mol. The van der Waals surface area contributed by atoms with Crippen molar-refractivity contribution < 1.29 is 4.52 Å². The van der Waals surface area contributed by atoms with E-state index in [4.69, 9.17) is 4.52 Å². The van der Waals surface area contributed by atoms with Crippen LogP contribution < -0.4 is 5.32 Å². The molecule has 0 atom stereocenters. The summed E-state index contributed by atoms with van der Waals surface area (Å²) in [4.78, 5) is 4.28. The zero-order valence-electron chi connectivity index (χ0n) is 10.3. The van der Waals surface area contributed by atoms with Crippen molar-refractivity contribution in [2.45, 2.75) is 33.4 Å². The zero-order chi connectivity index (χ0) is 12.1. The van der Waals surface area contributed by atoms with Crippen molar-refractivity contribution in [3.63, 3.8) is 0 Å². The number of hydrogen-bond acceptors (Lipinski definition) is 4. The molecule has 0 saturated heterocycles. The summed E-state index contributed by atoms with van der Waals surface area (Å²) in [6.45, 7) is 6.63. The van der Waals surface area contributed by atoms with Crippen LogP contribution in [0.1, 0.15) is 31.1 Å². The zero-order valence-corrected chi connectivity index (χ0v) is 10.3. The minimum atomic E-state index is 0.638. The highest BCUT2D eigenvalue weighted by Gasteiger charge is 2.05. The molecule has 5 heteroatoms. The lowest BCUT2D eigenvalue weighted by Crippen LogP contribution is -2.11. The first kappa shape index (κ1) is 11.9. The molecule has 2 heterocycles. The first-order valence-electron chi connectivity index (χ1n) is 5.98. The normalized spacial score (nSPS) is 10.9. The Morgan fingerprint density at radius 3 is 3.00 bits per heavy atom. The monoisotopic (exact) mass is 234 g/mol. The van der Waals surface area contributed by atoms with E-state index in [9.17, 15) is 0 Å². The predicted octanol–water partition coefficient (Wildman–Crippen LogP) is 1.59. The van der Waals surface area contributed by atoms with Crippen LogP contribution in [0.3, 0.4) is 0 Å². The lowest BCUT2D eigenvalue weighted by atomic mass is 10.3. The van der Waals surface area contributed by atoms with Crippen LogP contribution in [0.25, 0.3) is 0 Å². The number of nitrogens with zero attached hydrogens (tertiary/aromatic N) is 3. The number of aryl methyl sites for hydroxylation is 1. The third-order valence-corrected chi connectivity index (χ3v) is 2.54. The van der Waals surface area contributed by atoms with E-state index < -0.39 is 0 Å². The van der Waals surface area contributed by atoms with Gasteiger partial charge in [-0.1, -0.05) is 19.0 Å². The highest BCUT2D eigenvalue weighted by molar-refractivity contribution is 5.10. The third-order valence-electron chi connectivity index (χ3n) is 2.54. The molecule has 1 N–H and O–H groups in total. The van der Waals surface area contributed by atoms with Gasteiger partial charge in [-0.25, -0.2) is 0 Å². The van der Waals surface area contributed by atoms with Crippen LogP contribution in [0.5, 0.6) is 0 Å². The fourth-order valence-electron chi connectivity index (χ4n) is 1.62. The van der Waals surface area contributed by atoms with Crippen LogP contribution >= 0.6 is 0 Å². The molecular weight excluding hydrogens is 216 g/mol. The molecule has 0 amide bonds. The van der Waals surface area contributed by atoms with Gasteiger partial charge in [-0.3, -0.25) is 0 Å². The topological polar surface area (TPSA) is 55.9 Å². The van der Waals surface area contributed by atoms with Crippen LogP contribution in [0, 0.1) is 0 Å². The Morgan fingerprint density at radius 2 is 2.29 bits per heavy atom. The summed E-state index contributed by atoms with van der Waals surface area (Å²) < 4.78 is 7.21. The molecule has 0 aromatic carbocycles. The molecular formula is C12H18N4O. The molecule has 0 spiro atoms. The Morgan fingerprint density at radius 1 is 1.41 bits per heavy atom. The average molecular weight is 234 g/mol. The average Bonchev–Trinajstić information content (AvgIpc) is 2.96. The van der Waals surface area contributed by atoms with E-state index in [1.165, 1.54) is 5.56 Å². The van der Waals surface area contributed by atoms with Crippen molar-refractivity contribution in [1.82, 2.24) is 20.0 Å². The van der Waals surface area contributed by atoms with Gasteiger partial charge in [-0.05, 0) is 18.2 Å². The van der Waals surface area contributed by atoms with E-state index in [0.29, 0.717) is 12.4 Å². The smallest absolute Gasteiger partial charge is 0.246 e. The first-order valence-corrected chi connectivity index (χ1v) is 5.98. The van der Waals surface area contributed by atoms with Crippen molar-refractivity contribution in [3.05, 3.63) is 35.7 Å². The van der Waals surface area contributed by atoms with Gasteiger partial charge in [0, 0.05) is 25.4 Å². The molecule has 0 saturated carbocycles. The van der Waals surface area contributed by atoms with Crippen LogP contribution in [-0.2, 0) is 19.5 Å². The largest absolute Gasteiger partial charge is 0.345 e. The minimum absolute atomic E-state index is 0.638. The first-order chi connectivity index (χ1) is 8.31. The number of hydrogen-bond donors (Lipinski definition) is 1. The Kier molecular flexibility index (Phi) is 3.93. The highest BCUT2D eigenvalue weighted by atomic mass is 16.5. The molecule has 2 rings (SSSR count). The number of nitrogens with one attached hydrogen (secondary N) is 1. The number of rotatable bonds is 6. The van der Waals surface area contributed by atoms with E-state index in [0.717, 1.165) is 25.3 Å². The molecule has 2 aromatic rings. The van der Waals surface area contributed by atoms with E-state index in [1.54, 1.807) is 0 Å². The van der Waals surface area contributed by atoms with Gasteiger partial charge in [-0.2, -0.15) is 4.98 Å². The summed E-state index contributed by atoms with van der Waals surface area (Å²) in [5.74, 6) is 1.42. The molecule has 0 aliphatic carbocycles. The molecule has 0 aliphatic rings. The van der Waals surface area contributed by atoms with Crippen molar-refractivity contribution >= 4 is 0 Å². The Labute approximate surface area is 101 Å². The summed E-state index contributed by atoms with van der Waals surface area (Å²) >= 11 is 0. The fourth-order valence-corrected chi connectivity index (χ4v) is 1.62. The molecule has 5 nitrogen and oxygen atoms in total. The van der Waals surface area contributed by atoms with Gasteiger partial charge >= 0.3 is 0 Å². The van der Waals surface area contributed by atoms with E-state index in [-0.39, 0.29) is 0 Å². The van der Waals surface area contributed by atoms with Gasteiger partial charge in [0.1, 0.15) is 6.54 Å². The van der Waals surface area contributed by atoms with Gasteiger partial charge in [0.15, 0.2) is 5.82 Å². The maximum Gasteiger partial charge on any atom is 0.246 e. The molecule has 0 fully saturated rings. The second-order valence-corrected chi connectivity index (χ2v) is 3.93. The van der Waals surface area contributed by atoms with E-state index in [1.807, 2.05) is 13.1 Å². The highest BCUT2D eigenvalue weighted by Crippen LogP contribution is 2.05. The summed E-state index contributed by atoms with van der Waals surface area (Å²) in [5, 5.41) is 7.17. The summed E-state index contributed by atoms with van der Waals surface area (Å²) in [7, 11) is 0. The van der Waals surface area contributed by atoms with Crippen LogP contribution in [0.15, 0.2) is 23.0 Å².